The third-order valence-corrected chi connectivity index (χ3v) is 15.3. The van der Waals surface area contributed by atoms with Crippen molar-refractivity contribution in [3.63, 3.8) is 0 Å². The molecule has 0 aliphatic rings. The molecule has 0 rings (SSSR count). The summed E-state index contributed by atoms with van der Waals surface area (Å²) >= 11 is 0. The van der Waals surface area contributed by atoms with Crippen molar-refractivity contribution in [2.75, 3.05) is 13.2 Å². The Morgan fingerprint density at radius 3 is 0.789 bits per heavy atom. The van der Waals surface area contributed by atoms with Crippen molar-refractivity contribution in [1.82, 2.24) is 0 Å². The molecule has 0 aromatic rings. The van der Waals surface area contributed by atoms with E-state index in [4.69, 9.17) is 14.2 Å². The lowest BCUT2D eigenvalue weighted by atomic mass is 10.0. The van der Waals surface area contributed by atoms with E-state index in [1.165, 1.54) is 250 Å². The SMILES string of the molecule is CCC/C=C\C/C=C\CCCCCCCC(=O)OCC(COC(=O)CCCCCCCCCCCCC/C=C\CCCCCCCCCC)OC(=O)CCCCCCCCCCCCCCCCCCCCCCCC. The average molecular weight is 1070 g/mol. The second kappa shape index (κ2) is 65.2. The van der Waals surface area contributed by atoms with Crippen LogP contribution in [0.15, 0.2) is 36.5 Å². The van der Waals surface area contributed by atoms with E-state index in [9.17, 15) is 14.4 Å². The Morgan fingerprint density at radius 2 is 0.500 bits per heavy atom. The lowest BCUT2D eigenvalue weighted by molar-refractivity contribution is -0.167. The predicted octanol–water partition coefficient (Wildman–Crippen LogP) is 23.2. The second-order valence-electron chi connectivity index (χ2n) is 23.1. The summed E-state index contributed by atoms with van der Waals surface area (Å²) in [6, 6.07) is 0. The fourth-order valence-corrected chi connectivity index (χ4v) is 10.2. The number of hydrogen-bond acceptors (Lipinski definition) is 6. The van der Waals surface area contributed by atoms with Gasteiger partial charge >= 0.3 is 17.9 Å². The first-order valence-electron chi connectivity index (χ1n) is 34.0. The average Bonchev–Trinajstić information content (AvgIpc) is 3.42. The Bertz CT molecular complexity index is 1270. The normalized spacial score (nSPS) is 12.2. The Kier molecular flexibility index (Phi) is 63.1. The Morgan fingerprint density at radius 1 is 0.263 bits per heavy atom. The van der Waals surface area contributed by atoms with Gasteiger partial charge in [-0.05, 0) is 70.6 Å². The molecule has 0 spiro atoms. The van der Waals surface area contributed by atoms with E-state index in [0.717, 1.165) is 83.5 Å². The number of carbonyl (C=O) groups is 3. The molecule has 0 aliphatic carbocycles. The topological polar surface area (TPSA) is 78.9 Å². The molecule has 1 unspecified atom stereocenters. The highest BCUT2D eigenvalue weighted by molar-refractivity contribution is 5.71. The highest BCUT2D eigenvalue weighted by Gasteiger charge is 2.19. The van der Waals surface area contributed by atoms with Gasteiger partial charge in [0.2, 0.25) is 0 Å². The minimum atomic E-state index is -0.776. The molecule has 1 atom stereocenters. The number of unbranched alkanes of at least 4 members (excludes halogenated alkanes) is 46. The van der Waals surface area contributed by atoms with Crippen molar-refractivity contribution in [2.45, 2.75) is 380 Å². The molecule has 0 fully saturated rings. The highest BCUT2D eigenvalue weighted by atomic mass is 16.6. The van der Waals surface area contributed by atoms with Crippen molar-refractivity contribution in [2.24, 2.45) is 0 Å². The van der Waals surface area contributed by atoms with Crippen LogP contribution in [0.4, 0.5) is 0 Å². The molecule has 0 amide bonds. The van der Waals surface area contributed by atoms with Gasteiger partial charge in [-0.15, -0.1) is 0 Å². The van der Waals surface area contributed by atoms with Crippen LogP contribution < -0.4 is 0 Å². The smallest absolute Gasteiger partial charge is 0.306 e. The predicted molar refractivity (Wildman–Crippen MR) is 330 cm³/mol. The van der Waals surface area contributed by atoms with Gasteiger partial charge in [0.25, 0.3) is 0 Å². The lowest BCUT2D eigenvalue weighted by Gasteiger charge is -2.18. The first kappa shape index (κ1) is 73.6. The maximum Gasteiger partial charge on any atom is 0.306 e. The number of allylic oxidation sites excluding steroid dienone is 6. The van der Waals surface area contributed by atoms with Crippen LogP contribution in [0, 0.1) is 0 Å². The van der Waals surface area contributed by atoms with Crippen LogP contribution in [0.3, 0.4) is 0 Å². The zero-order chi connectivity index (χ0) is 55.0. The summed E-state index contributed by atoms with van der Waals surface area (Å²) in [6.07, 6.45) is 80.3. The van der Waals surface area contributed by atoms with E-state index in [0.29, 0.717) is 19.3 Å². The summed E-state index contributed by atoms with van der Waals surface area (Å²) in [5.41, 5.74) is 0. The fourth-order valence-electron chi connectivity index (χ4n) is 10.2. The van der Waals surface area contributed by atoms with Gasteiger partial charge in [0.1, 0.15) is 13.2 Å². The van der Waals surface area contributed by atoms with Crippen molar-refractivity contribution >= 4 is 17.9 Å². The second-order valence-corrected chi connectivity index (χ2v) is 23.1. The van der Waals surface area contributed by atoms with Crippen molar-refractivity contribution in [1.29, 1.82) is 0 Å². The van der Waals surface area contributed by atoms with E-state index in [-0.39, 0.29) is 31.1 Å². The first-order chi connectivity index (χ1) is 37.5. The van der Waals surface area contributed by atoms with E-state index < -0.39 is 6.10 Å². The molecule has 0 heterocycles. The van der Waals surface area contributed by atoms with Crippen LogP contribution in [0.1, 0.15) is 374 Å². The van der Waals surface area contributed by atoms with Crippen LogP contribution >= 0.6 is 0 Å². The van der Waals surface area contributed by atoms with Crippen LogP contribution in [0.25, 0.3) is 0 Å². The lowest BCUT2D eigenvalue weighted by Crippen LogP contribution is -2.30. The fraction of sp³-hybridized carbons (Fsp3) is 0.871. The summed E-state index contributed by atoms with van der Waals surface area (Å²) in [7, 11) is 0. The number of ether oxygens (including phenoxy) is 3. The van der Waals surface area contributed by atoms with Crippen molar-refractivity contribution in [3.8, 4) is 0 Å². The molecule has 0 saturated carbocycles. The van der Waals surface area contributed by atoms with Gasteiger partial charge in [-0.1, -0.05) is 320 Å². The maximum absolute atomic E-state index is 12.9. The van der Waals surface area contributed by atoms with E-state index >= 15 is 0 Å². The van der Waals surface area contributed by atoms with Crippen LogP contribution in [0.2, 0.25) is 0 Å². The first-order valence-corrected chi connectivity index (χ1v) is 34.0. The molecule has 0 radical (unpaired) electrons. The molecule has 0 aromatic heterocycles. The minimum absolute atomic E-state index is 0.0727. The van der Waals surface area contributed by atoms with Crippen LogP contribution in [-0.2, 0) is 28.6 Å². The minimum Gasteiger partial charge on any atom is -0.462 e. The van der Waals surface area contributed by atoms with E-state index in [1.54, 1.807) is 0 Å². The Balaban J connectivity index is 4.25. The van der Waals surface area contributed by atoms with Gasteiger partial charge in [0.05, 0.1) is 0 Å². The zero-order valence-electron chi connectivity index (χ0n) is 51.3. The van der Waals surface area contributed by atoms with E-state index in [1.807, 2.05) is 0 Å². The van der Waals surface area contributed by atoms with Crippen molar-refractivity contribution in [3.05, 3.63) is 36.5 Å². The zero-order valence-corrected chi connectivity index (χ0v) is 51.3. The molecule has 0 bridgehead atoms. The molecule has 0 aromatic carbocycles. The highest BCUT2D eigenvalue weighted by Crippen LogP contribution is 2.18. The molecule has 446 valence electrons. The Hall–Kier alpha value is -2.37. The van der Waals surface area contributed by atoms with Gasteiger partial charge in [-0.3, -0.25) is 14.4 Å². The van der Waals surface area contributed by atoms with Gasteiger partial charge in [0, 0.05) is 19.3 Å². The molecule has 0 N–H and O–H groups in total. The largest absolute Gasteiger partial charge is 0.462 e. The molecule has 6 nitrogen and oxygen atoms in total. The number of carbonyl (C=O) groups excluding carboxylic acids is 3. The third kappa shape index (κ3) is 62.5. The van der Waals surface area contributed by atoms with Gasteiger partial charge in [0.15, 0.2) is 6.10 Å². The molecule has 6 heteroatoms. The monoisotopic (exact) mass is 1070 g/mol. The summed E-state index contributed by atoms with van der Waals surface area (Å²) < 4.78 is 17.0. The summed E-state index contributed by atoms with van der Waals surface area (Å²) in [5.74, 6) is -0.862. The van der Waals surface area contributed by atoms with E-state index in [2.05, 4.69) is 57.2 Å². The van der Waals surface area contributed by atoms with Gasteiger partial charge in [-0.25, -0.2) is 0 Å². The summed E-state index contributed by atoms with van der Waals surface area (Å²) in [4.78, 5) is 38.4. The third-order valence-electron chi connectivity index (χ3n) is 15.3. The molecular weight excluding hydrogens is 937 g/mol. The van der Waals surface area contributed by atoms with Gasteiger partial charge in [-0.2, -0.15) is 0 Å². The number of hydrogen-bond donors (Lipinski definition) is 0. The molecule has 0 saturated heterocycles. The van der Waals surface area contributed by atoms with Gasteiger partial charge < -0.3 is 14.2 Å². The Labute approximate surface area is 474 Å². The standard InChI is InChI=1S/C70H130O6/c1-4-7-10-13-16-19-22-25-27-29-31-33-35-37-38-40-42-45-48-51-54-57-60-63-69(72)75-66-67(65-74-68(71)62-59-56-53-50-47-44-24-21-18-15-12-9-6-3)76-70(73)64-61-58-55-52-49-46-43-41-39-36-34-32-30-28-26-23-20-17-14-11-8-5-2/h12,15,21,24,29,31,67H,4-11,13-14,16-20,22-23,25-28,30,32-66H2,1-3H3/b15-12-,24-21-,31-29-. The number of esters is 3. The summed E-state index contributed by atoms with van der Waals surface area (Å²) in [5, 5.41) is 0. The quantitative estimate of drug-likeness (QED) is 0.0261. The van der Waals surface area contributed by atoms with Crippen LogP contribution in [0.5, 0.6) is 0 Å². The molecule has 0 aliphatic heterocycles. The maximum atomic E-state index is 12.9. The number of rotatable bonds is 63. The summed E-state index contributed by atoms with van der Waals surface area (Å²) in [6.45, 7) is 6.63. The van der Waals surface area contributed by atoms with Crippen LogP contribution in [-0.4, -0.2) is 37.2 Å². The van der Waals surface area contributed by atoms with Crippen molar-refractivity contribution < 1.29 is 28.6 Å². The molecular formula is C70H130O6. The molecule has 76 heavy (non-hydrogen) atoms.